The lowest BCUT2D eigenvalue weighted by Gasteiger charge is -2.35. The molecule has 1 atom stereocenters. The average Bonchev–Trinajstić information content (AvgIpc) is 3.30. The normalized spacial score (nSPS) is 15.9. The predicted molar refractivity (Wildman–Crippen MR) is 121 cm³/mol. The molecule has 1 aromatic heterocycles. The van der Waals surface area contributed by atoms with Crippen LogP contribution in [-0.2, 0) is 25.6 Å². The Labute approximate surface area is 195 Å². The predicted octanol–water partition coefficient (Wildman–Crippen LogP) is 3.33. The van der Waals surface area contributed by atoms with Crippen molar-refractivity contribution < 1.29 is 33.7 Å². The van der Waals surface area contributed by atoms with E-state index in [0.29, 0.717) is 29.1 Å². The number of hydrogen-bond donors (Lipinski definition) is 2. The number of thiophene rings is 1. The first-order chi connectivity index (χ1) is 15.9. The molecule has 2 heterocycles. The molecule has 0 saturated heterocycles. The number of urea groups is 1. The monoisotopic (exact) mass is 474 g/mol. The van der Waals surface area contributed by atoms with Gasteiger partial charge >= 0.3 is 18.0 Å². The molecule has 2 amide bonds. The zero-order valence-corrected chi connectivity index (χ0v) is 19.2. The van der Waals surface area contributed by atoms with Gasteiger partial charge in [-0.1, -0.05) is 18.2 Å². The number of nitrogens with zero attached hydrogens (tertiary/aromatic N) is 1. The summed E-state index contributed by atoms with van der Waals surface area (Å²) < 4.78 is 15.8. The molecule has 0 radical (unpaired) electrons. The van der Waals surface area contributed by atoms with Gasteiger partial charge in [0.05, 0.1) is 37.8 Å². The van der Waals surface area contributed by atoms with Gasteiger partial charge in [0.1, 0.15) is 12.4 Å². The number of hydrogen-bond acceptors (Lipinski definition) is 7. The number of amides is 2. The Hall–Kier alpha value is -3.37. The fraction of sp³-hybridized carbons (Fsp3) is 0.348. The molecule has 0 fully saturated rings. The van der Waals surface area contributed by atoms with Crippen molar-refractivity contribution in [3.63, 3.8) is 0 Å². The molecule has 0 bridgehead atoms. The summed E-state index contributed by atoms with van der Waals surface area (Å²) in [4.78, 5) is 39.1. The third-order valence-electron chi connectivity index (χ3n) is 5.03. The number of carbonyl (C=O) groups excluding carboxylic acids is 2. The Balaban J connectivity index is 1.86. The second kappa shape index (κ2) is 11.5. The van der Waals surface area contributed by atoms with Gasteiger partial charge in [-0.15, -0.1) is 11.3 Å². The minimum Gasteiger partial charge on any atom is -0.493 e. The van der Waals surface area contributed by atoms with Crippen LogP contribution < -0.4 is 10.1 Å². The number of carboxylic acids is 1. The number of nitrogens with one attached hydrogen (secondary N) is 1. The summed E-state index contributed by atoms with van der Waals surface area (Å²) in [7, 11) is 1.52. The maximum absolute atomic E-state index is 13.0. The average molecular weight is 475 g/mol. The van der Waals surface area contributed by atoms with Crippen molar-refractivity contribution in [1.29, 1.82) is 0 Å². The lowest BCUT2D eigenvalue weighted by molar-refractivity contribution is -0.141. The van der Waals surface area contributed by atoms with Gasteiger partial charge in [-0.05, 0) is 36.1 Å². The first-order valence-corrected chi connectivity index (χ1v) is 11.2. The summed E-state index contributed by atoms with van der Waals surface area (Å²) in [5.74, 6) is -0.986. The molecule has 3 rings (SSSR count). The van der Waals surface area contributed by atoms with Crippen LogP contribution in [0.25, 0.3) is 0 Å². The van der Waals surface area contributed by atoms with Crippen LogP contribution in [0.2, 0.25) is 0 Å². The minimum absolute atomic E-state index is 0.0443. The van der Waals surface area contributed by atoms with Crippen molar-refractivity contribution in [2.75, 3.05) is 26.9 Å². The van der Waals surface area contributed by atoms with Crippen LogP contribution in [0.3, 0.4) is 0 Å². The number of benzene rings is 1. The smallest absolute Gasteiger partial charge is 0.338 e. The number of allylic oxidation sites excluding steroid dienone is 1. The summed E-state index contributed by atoms with van der Waals surface area (Å²) in [6.07, 6.45) is -0.111. The van der Waals surface area contributed by atoms with Crippen molar-refractivity contribution in [1.82, 2.24) is 10.2 Å². The maximum atomic E-state index is 13.0. The van der Waals surface area contributed by atoms with Gasteiger partial charge in [0, 0.05) is 17.7 Å². The lowest BCUT2D eigenvalue weighted by Crippen LogP contribution is -2.47. The van der Waals surface area contributed by atoms with E-state index >= 15 is 0 Å². The SMILES string of the molecule is COCCOC(=O)C1=C(C)N(Cc2cccs2)C(=O)NC1c1ccc(OCCC(=O)O)cc1. The van der Waals surface area contributed by atoms with E-state index in [1.807, 2.05) is 17.5 Å². The van der Waals surface area contributed by atoms with Gasteiger partial charge in [0.2, 0.25) is 0 Å². The van der Waals surface area contributed by atoms with Gasteiger partial charge in [0.15, 0.2) is 0 Å². The van der Waals surface area contributed by atoms with Gasteiger partial charge in [-0.25, -0.2) is 9.59 Å². The number of rotatable bonds is 11. The maximum Gasteiger partial charge on any atom is 0.338 e. The molecule has 1 aliphatic rings. The number of esters is 1. The summed E-state index contributed by atoms with van der Waals surface area (Å²) in [5.41, 5.74) is 1.52. The highest BCUT2D eigenvalue weighted by molar-refractivity contribution is 7.09. The third-order valence-corrected chi connectivity index (χ3v) is 5.89. The largest absolute Gasteiger partial charge is 0.493 e. The first kappa shape index (κ1) is 24.3. The molecule has 1 unspecified atom stereocenters. The van der Waals surface area contributed by atoms with Gasteiger partial charge in [-0.2, -0.15) is 0 Å². The Morgan fingerprint density at radius 1 is 1.15 bits per heavy atom. The van der Waals surface area contributed by atoms with Gasteiger partial charge in [0.25, 0.3) is 0 Å². The second-order valence-corrected chi connectivity index (χ2v) is 8.27. The van der Waals surface area contributed by atoms with Crippen molar-refractivity contribution >= 4 is 29.3 Å². The molecule has 2 N–H and O–H groups in total. The van der Waals surface area contributed by atoms with E-state index in [1.54, 1.807) is 31.2 Å². The van der Waals surface area contributed by atoms with E-state index in [9.17, 15) is 14.4 Å². The van der Waals surface area contributed by atoms with Gasteiger partial charge in [-0.3, -0.25) is 9.69 Å². The highest BCUT2D eigenvalue weighted by Gasteiger charge is 2.36. The number of ether oxygens (including phenoxy) is 3. The lowest BCUT2D eigenvalue weighted by atomic mass is 9.94. The Morgan fingerprint density at radius 3 is 2.55 bits per heavy atom. The number of aliphatic carboxylic acids is 1. The molecule has 33 heavy (non-hydrogen) atoms. The number of carbonyl (C=O) groups is 3. The topological polar surface area (TPSA) is 114 Å². The summed E-state index contributed by atoms with van der Waals surface area (Å²) in [6.45, 7) is 2.47. The Morgan fingerprint density at radius 2 is 1.91 bits per heavy atom. The molecule has 0 saturated carbocycles. The van der Waals surface area contributed by atoms with Crippen LogP contribution in [-0.4, -0.2) is 54.9 Å². The molecule has 176 valence electrons. The van der Waals surface area contributed by atoms with E-state index in [-0.39, 0.29) is 32.3 Å². The summed E-state index contributed by atoms with van der Waals surface area (Å²) >= 11 is 1.53. The third kappa shape index (κ3) is 6.33. The van der Waals surface area contributed by atoms with Crippen LogP contribution in [0.5, 0.6) is 5.75 Å². The molecule has 1 aromatic carbocycles. The van der Waals surface area contributed by atoms with Crippen LogP contribution in [0, 0.1) is 0 Å². The quantitative estimate of drug-likeness (QED) is 0.379. The number of methoxy groups -OCH3 is 1. The van der Waals surface area contributed by atoms with Crippen molar-refractivity contribution in [3.8, 4) is 5.75 Å². The Kier molecular flexibility index (Phi) is 8.45. The summed E-state index contributed by atoms with van der Waals surface area (Å²) in [6, 6.07) is 9.61. The van der Waals surface area contributed by atoms with Crippen molar-refractivity contribution in [3.05, 3.63) is 63.5 Å². The zero-order valence-electron chi connectivity index (χ0n) is 18.4. The second-order valence-electron chi connectivity index (χ2n) is 7.24. The van der Waals surface area contributed by atoms with Gasteiger partial charge < -0.3 is 24.6 Å². The Bertz CT molecular complexity index is 1000. The fourth-order valence-corrected chi connectivity index (χ4v) is 4.05. The van der Waals surface area contributed by atoms with E-state index in [2.05, 4.69) is 5.32 Å². The van der Waals surface area contributed by atoms with E-state index in [0.717, 1.165) is 4.88 Å². The van der Waals surface area contributed by atoms with E-state index < -0.39 is 18.0 Å². The fourth-order valence-electron chi connectivity index (χ4n) is 3.35. The highest BCUT2D eigenvalue weighted by atomic mass is 32.1. The molecular weight excluding hydrogens is 448 g/mol. The summed E-state index contributed by atoms with van der Waals surface area (Å²) in [5, 5.41) is 13.6. The van der Waals surface area contributed by atoms with Crippen molar-refractivity contribution in [2.45, 2.75) is 25.9 Å². The van der Waals surface area contributed by atoms with Crippen LogP contribution in [0.4, 0.5) is 4.79 Å². The van der Waals surface area contributed by atoms with Crippen LogP contribution >= 0.6 is 11.3 Å². The number of carboxylic acid groups (broad SMARTS) is 1. The molecule has 0 aliphatic carbocycles. The van der Waals surface area contributed by atoms with Crippen molar-refractivity contribution in [2.24, 2.45) is 0 Å². The molecule has 0 spiro atoms. The van der Waals surface area contributed by atoms with Crippen LogP contribution in [0.1, 0.15) is 29.8 Å². The van der Waals surface area contributed by atoms with E-state index in [1.165, 1.54) is 23.3 Å². The van der Waals surface area contributed by atoms with E-state index in [4.69, 9.17) is 19.3 Å². The first-order valence-electron chi connectivity index (χ1n) is 10.3. The molecule has 1 aliphatic heterocycles. The highest BCUT2D eigenvalue weighted by Crippen LogP contribution is 2.33. The minimum atomic E-state index is -0.944. The molecule has 2 aromatic rings. The van der Waals surface area contributed by atoms with Crippen LogP contribution in [0.15, 0.2) is 53.0 Å². The molecule has 10 heteroatoms. The zero-order chi connectivity index (χ0) is 23.8. The molecule has 9 nitrogen and oxygen atoms in total. The standard InChI is InChI=1S/C23H26N2O7S/c1-15-20(22(28)32-12-11-30-2)21(24-23(29)25(15)14-18-4-3-13-33-18)16-5-7-17(8-6-16)31-10-9-19(26)27/h3-8,13,21H,9-12,14H2,1-2H3,(H,24,29)(H,26,27). The molecular formula is C23H26N2O7S.